The monoisotopic (exact) mass is 254 g/mol. The number of likely N-dealkylation sites (N-methyl/N-ethyl adjacent to an activating group) is 1. The first-order chi connectivity index (χ1) is 8.56. The zero-order valence-corrected chi connectivity index (χ0v) is 10.8. The number of aromatic nitrogens is 1. The average Bonchev–Trinajstić information content (AvgIpc) is 2.93. The number of rotatable bonds is 3. The Bertz CT molecular complexity index is 431. The van der Waals surface area contributed by atoms with Crippen LogP contribution in [0.4, 0.5) is 0 Å². The van der Waals surface area contributed by atoms with Crippen molar-refractivity contribution in [2.75, 3.05) is 14.2 Å². The van der Waals surface area contributed by atoms with Crippen LogP contribution in [0.2, 0.25) is 0 Å². The second-order valence-corrected chi connectivity index (χ2v) is 4.58. The van der Waals surface area contributed by atoms with Crippen LogP contribution in [0.25, 0.3) is 0 Å². The molecule has 6 nitrogen and oxygen atoms in total. The van der Waals surface area contributed by atoms with E-state index in [0.29, 0.717) is 11.5 Å². The molecular formula is C12H18N2O4. The predicted octanol–water partition coefficient (Wildman–Crippen LogP) is 0.593. The summed E-state index contributed by atoms with van der Waals surface area (Å²) in [5, 5.41) is 10.1. The minimum Gasteiger partial charge on any atom is -0.448 e. The summed E-state index contributed by atoms with van der Waals surface area (Å²) in [5.41, 5.74) is 0.297. The van der Waals surface area contributed by atoms with Gasteiger partial charge in [-0.2, -0.15) is 0 Å². The number of oxazole rings is 1. The summed E-state index contributed by atoms with van der Waals surface area (Å²) < 4.78 is 10.2. The van der Waals surface area contributed by atoms with E-state index in [1.807, 2.05) is 0 Å². The van der Waals surface area contributed by atoms with Gasteiger partial charge in [-0.05, 0) is 19.8 Å². The molecule has 1 aromatic rings. The Labute approximate surface area is 106 Å². The molecule has 1 aromatic heterocycles. The third-order valence-electron chi connectivity index (χ3n) is 3.59. The number of hydrogen-bond donors (Lipinski definition) is 1. The molecule has 1 aliphatic carbocycles. The van der Waals surface area contributed by atoms with Gasteiger partial charge >= 0.3 is 0 Å². The summed E-state index contributed by atoms with van der Waals surface area (Å²) >= 11 is 0. The summed E-state index contributed by atoms with van der Waals surface area (Å²) in [5.74, 6) is 0.254. The van der Waals surface area contributed by atoms with Gasteiger partial charge in [-0.25, -0.2) is 4.98 Å². The molecule has 1 heterocycles. The number of aryl methyl sites for hydroxylation is 1. The number of hydrogen-bond acceptors (Lipinski definition) is 5. The minimum absolute atomic E-state index is 0.205. The maximum Gasteiger partial charge on any atom is 0.276 e. The molecule has 1 amide bonds. The molecule has 1 fully saturated rings. The maximum atomic E-state index is 12.2. The lowest BCUT2D eigenvalue weighted by atomic mass is 10.1. The molecule has 3 atom stereocenters. The molecule has 0 radical (unpaired) electrons. The second-order valence-electron chi connectivity index (χ2n) is 4.58. The highest BCUT2D eigenvalue weighted by atomic mass is 16.5. The van der Waals surface area contributed by atoms with E-state index in [1.165, 1.54) is 11.3 Å². The first-order valence-corrected chi connectivity index (χ1v) is 5.94. The van der Waals surface area contributed by atoms with Crippen LogP contribution in [0.5, 0.6) is 0 Å². The Morgan fingerprint density at radius 1 is 1.61 bits per heavy atom. The lowest BCUT2D eigenvalue weighted by Crippen LogP contribution is -2.44. The molecule has 6 heteroatoms. The van der Waals surface area contributed by atoms with Crippen LogP contribution in [0.15, 0.2) is 10.8 Å². The van der Waals surface area contributed by atoms with Gasteiger partial charge in [0.15, 0.2) is 12.1 Å². The Morgan fingerprint density at radius 3 is 2.83 bits per heavy atom. The molecule has 0 aromatic carbocycles. The van der Waals surface area contributed by atoms with Crippen LogP contribution < -0.4 is 0 Å². The van der Waals surface area contributed by atoms with Crippen LogP contribution >= 0.6 is 0 Å². The summed E-state index contributed by atoms with van der Waals surface area (Å²) in [6, 6.07) is -0.237. The van der Waals surface area contributed by atoms with Gasteiger partial charge < -0.3 is 19.2 Å². The van der Waals surface area contributed by atoms with E-state index in [9.17, 15) is 9.90 Å². The highest BCUT2D eigenvalue weighted by Gasteiger charge is 2.39. The first-order valence-electron chi connectivity index (χ1n) is 5.94. The fraction of sp³-hybridized carbons (Fsp3) is 0.667. The second kappa shape index (κ2) is 5.07. The van der Waals surface area contributed by atoms with Gasteiger partial charge in [-0.1, -0.05) is 0 Å². The average molecular weight is 254 g/mol. The van der Waals surface area contributed by atoms with Crippen molar-refractivity contribution in [1.29, 1.82) is 0 Å². The lowest BCUT2D eigenvalue weighted by molar-refractivity contribution is -0.0157. The van der Waals surface area contributed by atoms with Gasteiger partial charge in [0.2, 0.25) is 0 Å². The molecule has 1 aliphatic rings. The number of ether oxygens (including phenoxy) is 1. The van der Waals surface area contributed by atoms with Crippen molar-refractivity contribution < 1.29 is 19.1 Å². The molecular weight excluding hydrogens is 236 g/mol. The zero-order chi connectivity index (χ0) is 13.3. The van der Waals surface area contributed by atoms with Crippen molar-refractivity contribution in [3.8, 4) is 0 Å². The quantitative estimate of drug-likeness (QED) is 0.854. The van der Waals surface area contributed by atoms with Crippen LogP contribution in [0.1, 0.15) is 29.1 Å². The molecule has 0 unspecified atom stereocenters. The highest BCUT2D eigenvalue weighted by Crippen LogP contribution is 2.27. The Balaban J connectivity index is 2.11. The standard InChI is InChI=1S/C12H18N2O4/c1-7-10(13-6-18-7)12(16)14(2)8-4-5-9(17-3)11(8)15/h6,8-9,11,15H,4-5H2,1-3H3/t8-,9-,11-/m1/s1. The molecule has 0 saturated heterocycles. The van der Waals surface area contributed by atoms with E-state index >= 15 is 0 Å². The van der Waals surface area contributed by atoms with Crippen molar-refractivity contribution >= 4 is 5.91 Å². The molecule has 18 heavy (non-hydrogen) atoms. The van der Waals surface area contributed by atoms with Gasteiger partial charge in [0.1, 0.15) is 11.9 Å². The van der Waals surface area contributed by atoms with Crippen molar-refractivity contribution in [1.82, 2.24) is 9.88 Å². The number of carbonyl (C=O) groups is 1. The van der Waals surface area contributed by atoms with Crippen molar-refractivity contribution in [3.05, 3.63) is 17.8 Å². The molecule has 0 aliphatic heterocycles. The number of aliphatic hydroxyl groups excluding tert-OH is 1. The Hall–Kier alpha value is -1.40. The van der Waals surface area contributed by atoms with E-state index in [4.69, 9.17) is 9.15 Å². The van der Waals surface area contributed by atoms with Gasteiger partial charge in [0.25, 0.3) is 5.91 Å². The van der Waals surface area contributed by atoms with Crippen molar-refractivity contribution in [2.45, 2.75) is 38.0 Å². The normalized spacial score (nSPS) is 27.4. The molecule has 1 saturated carbocycles. The Kier molecular flexibility index (Phi) is 3.68. The molecule has 0 bridgehead atoms. The van der Waals surface area contributed by atoms with Gasteiger partial charge in [0, 0.05) is 14.2 Å². The van der Waals surface area contributed by atoms with Gasteiger partial charge in [0.05, 0.1) is 12.1 Å². The summed E-state index contributed by atoms with van der Waals surface area (Å²) in [6.45, 7) is 1.69. The number of nitrogens with zero attached hydrogens (tertiary/aromatic N) is 2. The van der Waals surface area contributed by atoms with Crippen molar-refractivity contribution in [2.24, 2.45) is 0 Å². The minimum atomic E-state index is -0.656. The van der Waals surface area contributed by atoms with Crippen molar-refractivity contribution in [3.63, 3.8) is 0 Å². The summed E-state index contributed by atoms with van der Waals surface area (Å²) in [4.78, 5) is 17.6. The fourth-order valence-electron chi connectivity index (χ4n) is 2.43. The van der Waals surface area contributed by atoms with E-state index in [-0.39, 0.29) is 18.1 Å². The summed E-state index contributed by atoms with van der Waals surface area (Å²) in [6.07, 6.45) is 1.86. The molecule has 100 valence electrons. The fourth-order valence-corrected chi connectivity index (χ4v) is 2.43. The third kappa shape index (κ3) is 2.13. The maximum absolute atomic E-state index is 12.2. The number of carbonyl (C=O) groups excluding carboxylic acids is 1. The molecule has 2 rings (SSSR count). The van der Waals surface area contributed by atoms with E-state index in [2.05, 4.69) is 4.98 Å². The van der Waals surface area contributed by atoms with E-state index in [0.717, 1.165) is 12.8 Å². The lowest BCUT2D eigenvalue weighted by Gasteiger charge is -2.27. The molecule has 1 N–H and O–H groups in total. The Morgan fingerprint density at radius 2 is 2.33 bits per heavy atom. The van der Waals surface area contributed by atoms with Crippen LogP contribution in [0, 0.1) is 6.92 Å². The molecule has 0 spiro atoms. The number of methoxy groups -OCH3 is 1. The topological polar surface area (TPSA) is 75.8 Å². The van der Waals surface area contributed by atoms with Crippen LogP contribution in [-0.2, 0) is 4.74 Å². The third-order valence-corrected chi connectivity index (χ3v) is 3.59. The predicted molar refractivity (Wildman–Crippen MR) is 63.2 cm³/mol. The van der Waals surface area contributed by atoms with E-state index < -0.39 is 6.10 Å². The summed E-state index contributed by atoms with van der Waals surface area (Å²) in [7, 11) is 3.24. The number of aliphatic hydroxyl groups is 1. The first kappa shape index (κ1) is 13.0. The SMILES string of the molecule is CO[C@@H]1CC[C@@H](N(C)C(=O)c2ncoc2C)[C@H]1O. The highest BCUT2D eigenvalue weighted by molar-refractivity contribution is 5.93. The van der Waals surface area contributed by atoms with Gasteiger partial charge in [-0.3, -0.25) is 4.79 Å². The van der Waals surface area contributed by atoms with Gasteiger partial charge in [-0.15, -0.1) is 0 Å². The van der Waals surface area contributed by atoms with Crippen LogP contribution in [-0.4, -0.2) is 53.3 Å². The number of amides is 1. The largest absolute Gasteiger partial charge is 0.448 e. The zero-order valence-electron chi connectivity index (χ0n) is 10.8. The van der Waals surface area contributed by atoms with E-state index in [1.54, 1.807) is 21.1 Å². The van der Waals surface area contributed by atoms with Crippen LogP contribution in [0.3, 0.4) is 0 Å². The smallest absolute Gasteiger partial charge is 0.276 e.